The quantitative estimate of drug-likeness (QED) is 0.474. The van der Waals surface area contributed by atoms with Crippen molar-refractivity contribution in [3.63, 3.8) is 0 Å². The van der Waals surface area contributed by atoms with Gasteiger partial charge in [0, 0.05) is 36.4 Å². The molecule has 4 rings (SSSR count). The molecule has 0 atom stereocenters. The number of carbonyl (C=O) groups is 3. The number of pyridine rings is 1. The molecule has 7 heteroatoms. The topological polar surface area (TPSA) is 88.6 Å². The van der Waals surface area contributed by atoms with Gasteiger partial charge in [0.25, 0.3) is 11.8 Å². The van der Waals surface area contributed by atoms with E-state index in [-0.39, 0.29) is 5.91 Å². The van der Waals surface area contributed by atoms with Crippen LogP contribution in [-0.4, -0.2) is 48.4 Å². The van der Waals surface area contributed by atoms with Crippen molar-refractivity contribution in [2.75, 3.05) is 26.0 Å². The highest BCUT2D eigenvalue weighted by atomic mass is 16.5. The number of nitrogens with zero attached hydrogens (tertiary/aromatic N) is 2. The molecule has 0 fully saturated rings. The molecular weight excluding hydrogens is 418 g/mol. The van der Waals surface area contributed by atoms with Gasteiger partial charge in [-0.15, -0.1) is 0 Å². The molecule has 0 aliphatic heterocycles. The SMILES string of the molecule is CN(C)C(=O)c1ccc(NC(=O)COC(=O)c2c3c(nc4ccccc24)CCCCC3)cc1. The molecule has 2 amide bonds. The Morgan fingerprint density at radius 2 is 1.70 bits per heavy atom. The summed E-state index contributed by atoms with van der Waals surface area (Å²) in [6.07, 6.45) is 4.77. The zero-order chi connectivity index (χ0) is 23.4. The van der Waals surface area contributed by atoms with E-state index in [0.29, 0.717) is 16.8 Å². The van der Waals surface area contributed by atoms with Crippen LogP contribution in [0.3, 0.4) is 0 Å². The summed E-state index contributed by atoms with van der Waals surface area (Å²) in [4.78, 5) is 43.8. The Morgan fingerprint density at radius 1 is 0.970 bits per heavy atom. The molecule has 0 radical (unpaired) electrons. The van der Waals surface area contributed by atoms with Gasteiger partial charge in [0.05, 0.1) is 11.1 Å². The van der Waals surface area contributed by atoms with E-state index in [9.17, 15) is 14.4 Å². The maximum atomic E-state index is 13.1. The van der Waals surface area contributed by atoms with E-state index in [1.807, 2.05) is 24.3 Å². The second-order valence-corrected chi connectivity index (χ2v) is 8.39. The van der Waals surface area contributed by atoms with E-state index < -0.39 is 18.5 Å². The number of fused-ring (bicyclic) bond motifs is 2. The largest absolute Gasteiger partial charge is 0.452 e. The van der Waals surface area contributed by atoms with Crippen LogP contribution in [0.5, 0.6) is 0 Å². The van der Waals surface area contributed by atoms with Gasteiger partial charge in [-0.25, -0.2) is 4.79 Å². The van der Waals surface area contributed by atoms with Crippen molar-refractivity contribution in [3.05, 3.63) is 70.9 Å². The summed E-state index contributed by atoms with van der Waals surface area (Å²) in [7, 11) is 3.36. The molecule has 33 heavy (non-hydrogen) atoms. The standard InChI is InChI=1S/C26H27N3O4/c1-29(2)25(31)17-12-14-18(15-13-17)27-23(30)16-33-26(32)24-19-8-4-3-5-10-21(19)28-22-11-7-6-9-20(22)24/h6-7,9,11-15H,3-5,8,10,16H2,1-2H3,(H,27,30). The molecule has 1 heterocycles. The van der Waals surface area contributed by atoms with Crippen LogP contribution in [0.2, 0.25) is 0 Å². The molecule has 0 unspecified atom stereocenters. The van der Waals surface area contributed by atoms with E-state index >= 15 is 0 Å². The van der Waals surface area contributed by atoms with Crippen molar-refractivity contribution in [2.45, 2.75) is 32.1 Å². The normalized spacial score (nSPS) is 13.0. The van der Waals surface area contributed by atoms with Crippen LogP contribution in [0.25, 0.3) is 10.9 Å². The Kier molecular flexibility index (Phi) is 6.68. The monoisotopic (exact) mass is 445 g/mol. The molecule has 2 aromatic carbocycles. The molecule has 0 bridgehead atoms. The van der Waals surface area contributed by atoms with Crippen molar-refractivity contribution in [3.8, 4) is 0 Å². The minimum atomic E-state index is -0.506. The predicted octanol–water partition coefficient (Wildman–Crippen LogP) is 4.00. The molecule has 1 N–H and O–H groups in total. The Labute approximate surface area is 192 Å². The van der Waals surface area contributed by atoms with Crippen LogP contribution < -0.4 is 5.32 Å². The first-order chi connectivity index (χ1) is 15.9. The van der Waals surface area contributed by atoms with E-state index in [0.717, 1.165) is 54.3 Å². The lowest BCUT2D eigenvalue weighted by atomic mass is 9.97. The molecule has 1 aliphatic rings. The Morgan fingerprint density at radius 3 is 2.45 bits per heavy atom. The molecule has 170 valence electrons. The maximum absolute atomic E-state index is 13.1. The van der Waals surface area contributed by atoms with Gasteiger partial charge in [-0.1, -0.05) is 24.6 Å². The number of rotatable bonds is 5. The van der Waals surface area contributed by atoms with Crippen molar-refractivity contribution < 1.29 is 19.1 Å². The summed E-state index contributed by atoms with van der Waals surface area (Å²) in [6, 6.07) is 14.1. The fraction of sp³-hybridized carbons (Fsp3) is 0.308. The molecule has 1 aliphatic carbocycles. The van der Waals surface area contributed by atoms with Crippen molar-refractivity contribution in [1.29, 1.82) is 0 Å². The molecular formula is C26H27N3O4. The molecule has 0 saturated carbocycles. The molecule has 0 spiro atoms. The van der Waals surface area contributed by atoms with Crippen LogP contribution in [-0.2, 0) is 22.4 Å². The molecule has 1 aromatic heterocycles. The van der Waals surface area contributed by atoms with Crippen LogP contribution >= 0.6 is 0 Å². The second kappa shape index (κ2) is 9.81. The summed E-state index contributed by atoms with van der Waals surface area (Å²) in [5.41, 5.74) is 4.23. The highest BCUT2D eigenvalue weighted by Gasteiger charge is 2.23. The lowest BCUT2D eigenvalue weighted by Gasteiger charge is -2.15. The smallest absolute Gasteiger partial charge is 0.339 e. The van der Waals surface area contributed by atoms with Crippen molar-refractivity contribution in [1.82, 2.24) is 9.88 Å². The van der Waals surface area contributed by atoms with Gasteiger partial charge in [-0.05, 0) is 61.6 Å². The minimum absolute atomic E-state index is 0.120. The number of aromatic nitrogens is 1. The van der Waals surface area contributed by atoms with E-state index in [1.54, 1.807) is 38.4 Å². The summed E-state index contributed by atoms with van der Waals surface area (Å²) >= 11 is 0. The number of nitrogens with one attached hydrogen (secondary N) is 1. The van der Waals surface area contributed by atoms with Crippen molar-refractivity contribution >= 4 is 34.4 Å². The maximum Gasteiger partial charge on any atom is 0.339 e. The molecule has 0 saturated heterocycles. The second-order valence-electron chi connectivity index (χ2n) is 8.39. The van der Waals surface area contributed by atoms with Crippen LogP contribution in [0, 0.1) is 0 Å². The predicted molar refractivity (Wildman–Crippen MR) is 126 cm³/mol. The number of anilines is 1. The number of amides is 2. The van der Waals surface area contributed by atoms with Crippen LogP contribution in [0.15, 0.2) is 48.5 Å². The summed E-state index contributed by atoms with van der Waals surface area (Å²) in [6.45, 7) is -0.400. The third kappa shape index (κ3) is 5.03. The van der Waals surface area contributed by atoms with Crippen molar-refractivity contribution in [2.24, 2.45) is 0 Å². The number of ether oxygens (including phenoxy) is 1. The van der Waals surface area contributed by atoms with Gasteiger partial charge in [0.1, 0.15) is 0 Å². The summed E-state index contributed by atoms with van der Waals surface area (Å²) < 4.78 is 5.43. The van der Waals surface area contributed by atoms with E-state index in [2.05, 4.69) is 5.32 Å². The van der Waals surface area contributed by atoms with Gasteiger partial charge in [-0.2, -0.15) is 0 Å². The highest BCUT2D eigenvalue weighted by Crippen LogP contribution is 2.29. The summed E-state index contributed by atoms with van der Waals surface area (Å²) in [5.74, 6) is -1.07. The third-order valence-corrected chi connectivity index (χ3v) is 5.78. The van der Waals surface area contributed by atoms with Gasteiger partial charge in [0.2, 0.25) is 0 Å². The lowest BCUT2D eigenvalue weighted by Crippen LogP contribution is -2.23. The summed E-state index contributed by atoms with van der Waals surface area (Å²) in [5, 5.41) is 3.45. The first kappa shape index (κ1) is 22.5. The average Bonchev–Trinajstić information content (AvgIpc) is 3.06. The first-order valence-corrected chi connectivity index (χ1v) is 11.1. The Balaban J connectivity index is 1.47. The lowest BCUT2D eigenvalue weighted by molar-refractivity contribution is -0.119. The Bertz CT molecular complexity index is 1200. The first-order valence-electron chi connectivity index (χ1n) is 11.1. The van der Waals surface area contributed by atoms with Gasteiger partial charge in [-0.3, -0.25) is 14.6 Å². The fourth-order valence-electron chi connectivity index (χ4n) is 4.14. The number of hydrogen-bond donors (Lipinski definition) is 1. The number of benzene rings is 2. The zero-order valence-corrected chi connectivity index (χ0v) is 18.9. The molecule has 7 nitrogen and oxygen atoms in total. The van der Waals surface area contributed by atoms with E-state index in [4.69, 9.17) is 9.72 Å². The zero-order valence-electron chi connectivity index (χ0n) is 18.9. The number of hydrogen-bond acceptors (Lipinski definition) is 5. The number of para-hydroxylation sites is 1. The number of carbonyl (C=O) groups excluding carboxylic acids is 3. The third-order valence-electron chi connectivity index (χ3n) is 5.78. The van der Waals surface area contributed by atoms with E-state index in [1.165, 1.54) is 4.90 Å². The van der Waals surface area contributed by atoms with Gasteiger partial charge >= 0.3 is 5.97 Å². The fourth-order valence-corrected chi connectivity index (χ4v) is 4.14. The number of esters is 1. The van der Waals surface area contributed by atoms with Gasteiger partial charge in [0.15, 0.2) is 6.61 Å². The van der Waals surface area contributed by atoms with Crippen LogP contribution in [0.1, 0.15) is 51.2 Å². The minimum Gasteiger partial charge on any atom is -0.452 e. The highest BCUT2D eigenvalue weighted by molar-refractivity contribution is 6.06. The molecule has 3 aromatic rings. The number of aryl methyl sites for hydroxylation is 1. The Hall–Kier alpha value is -3.74. The van der Waals surface area contributed by atoms with Crippen LogP contribution in [0.4, 0.5) is 5.69 Å². The van der Waals surface area contributed by atoms with Gasteiger partial charge < -0.3 is 15.0 Å². The average molecular weight is 446 g/mol.